The van der Waals surface area contributed by atoms with Crippen molar-refractivity contribution in [2.24, 2.45) is 0 Å². The van der Waals surface area contributed by atoms with Gasteiger partial charge in [0.25, 0.3) is 0 Å². The number of nitrogens with zero attached hydrogens (tertiary/aromatic N) is 2. The summed E-state index contributed by atoms with van der Waals surface area (Å²) in [6.07, 6.45) is 3.24. The summed E-state index contributed by atoms with van der Waals surface area (Å²) < 4.78 is 35.4. The van der Waals surface area contributed by atoms with E-state index in [0.29, 0.717) is 11.3 Å². The summed E-state index contributed by atoms with van der Waals surface area (Å²) in [5.41, 5.74) is 0.947. The maximum Gasteiger partial charge on any atom is 0.306 e. The number of hydrogen-bond acceptors (Lipinski definition) is 3. The molecule has 1 aromatic carbocycles. The number of rotatable bonds is 3. The fraction of sp³-hybridized carbons (Fsp3) is 0.100. The molecule has 1 aromatic heterocycles. The standard InChI is InChI=1S/C10H9FN2O2S/c11-16(14,15)8-9-4-1-2-5-10(9)13-7-3-6-12-13/h1-7H,8H2. The van der Waals surface area contributed by atoms with Crippen LogP contribution in [0.15, 0.2) is 42.7 Å². The van der Waals surface area contributed by atoms with Crippen LogP contribution in [0.3, 0.4) is 0 Å². The van der Waals surface area contributed by atoms with E-state index >= 15 is 0 Å². The van der Waals surface area contributed by atoms with Gasteiger partial charge >= 0.3 is 10.2 Å². The highest BCUT2D eigenvalue weighted by atomic mass is 32.3. The molecular weight excluding hydrogens is 231 g/mol. The SMILES string of the molecule is O=S(=O)(F)Cc1ccccc1-n1cccn1. The molecule has 0 saturated carbocycles. The number of halogens is 1. The molecule has 0 atom stereocenters. The van der Waals surface area contributed by atoms with Crippen LogP contribution in [0, 0.1) is 0 Å². The van der Waals surface area contributed by atoms with Gasteiger partial charge in [0.05, 0.1) is 5.69 Å². The van der Waals surface area contributed by atoms with Gasteiger partial charge in [-0.3, -0.25) is 0 Å². The van der Waals surface area contributed by atoms with Crippen LogP contribution in [-0.4, -0.2) is 18.2 Å². The van der Waals surface area contributed by atoms with Gasteiger partial charge in [0.1, 0.15) is 5.75 Å². The molecule has 0 radical (unpaired) electrons. The van der Waals surface area contributed by atoms with E-state index in [9.17, 15) is 12.3 Å². The van der Waals surface area contributed by atoms with Crippen molar-refractivity contribution in [3.8, 4) is 5.69 Å². The Kier molecular flexibility index (Phi) is 2.74. The zero-order valence-electron chi connectivity index (χ0n) is 8.25. The summed E-state index contributed by atoms with van der Waals surface area (Å²) in [6, 6.07) is 8.36. The van der Waals surface area contributed by atoms with Crippen molar-refractivity contribution in [3.63, 3.8) is 0 Å². The Hall–Kier alpha value is -1.69. The highest BCUT2D eigenvalue weighted by Crippen LogP contribution is 2.16. The average Bonchev–Trinajstić information content (AvgIpc) is 2.69. The van der Waals surface area contributed by atoms with Gasteiger partial charge in [-0.2, -0.15) is 13.5 Å². The number of hydrogen-bond donors (Lipinski definition) is 0. The summed E-state index contributed by atoms with van der Waals surface area (Å²) in [7, 11) is -4.53. The summed E-state index contributed by atoms with van der Waals surface area (Å²) in [6.45, 7) is 0. The average molecular weight is 240 g/mol. The molecule has 0 bridgehead atoms. The van der Waals surface area contributed by atoms with Gasteiger partial charge in [-0.15, -0.1) is 3.89 Å². The van der Waals surface area contributed by atoms with E-state index in [1.165, 1.54) is 4.68 Å². The minimum absolute atomic E-state index is 0.383. The monoisotopic (exact) mass is 240 g/mol. The highest BCUT2D eigenvalue weighted by Gasteiger charge is 2.13. The number of aromatic nitrogens is 2. The smallest absolute Gasteiger partial charge is 0.241 e. The van der Waals surface area contributed by atoms with Crippen LogP contribution in [0.1, 0.15) is 5.56 Å². The Balaban J connectivity index is 2.47. The summed E-state index contributed by atoms with van der Waals surface area (Å²) >= 11 is 0. The molecule has 0 amide bonds. The van der Waals surface area contributed by atoms with Gasteiger partial charge in [-0.05, 0) is 17.7 Å². The molecule has 0 spiro atoms. The van der Waals surface area contributed by atoms with E-state index in [4.69, 9.17) is 0 Å². The van der Waals surface area contributed by atoms with Crippen LogP contribution in [0.25, 0.3) is 5.69 Å². The van der Waals surface area contributed by atoms with Crippen molar-refractivity contribution < 1.29 is 12.3 Å². The minimum atomic E-state index is -4.53. The third kappa shape index (κ3) is 2.46. The van der Waals surface area contributed by atoms with Gasteiger partial charge in [0.15, 0.2) is 0 Å². The van der Waals surface area contributed by atoms with E-state index in [1.807, 2.05) is 0 Å². The van der Waals surface area contributed by atoms with Gasteiger partial charge < -0.3 is 0 Å². The molecule has 2 rings (SSSR count). The lowest BCUT2D eigenvalue weighted by Gasteiger charge is -2.06. The molecule has 0 unspecified atom stereocenters. The summed E-state index contributed by atoms with van der Waals surface area (Å²) in [5.74, 6) is -0.636. The Morgan fingerprint density at radius 2 is 2.00 bits per heavy atom. The molecule has 6 heteroatoms. The number of benzene rings is 1. The molecule has 1 heterocycles. The second-order valence-electron chi connectivity index (χ2n) is 3.26. The largest absolute Gasteiger partial charge is 0.306 e. The van der Waals surface area contributed by atoms with Gasteiger partial charge in [-0.1, -0.05) is 18.2 Å². The predicted molar refractivity (Wildman–Crippen MR) is 57.3 cm³/mol. The molecular formula is C10H9FN2O2S. The van der Waals surface area contributed by atoms with Crippen molar-refractivity contribution in [3.05, 3.63) is 48.3 Å². The van der Waals surface area contributed by atoms with Gasteiger partial charge in [0, 0.05) is 12.4 Å². The molecule has 0 aliphatic carbocycles. The topological polar surface area (TPSA) is 52.0 Å². The van der Waals surface area contributed by atoms with Crippen LogP contribution in [0.2, 0.25) is 0 Å². The molecule has 2 aromatic rings. The lowest BCUT2D eigenvalue weighted by atomic mass is 10.2. The molecule has 4 nitrogen and oxygen atoms in total. The second-order valence-corrected chi connectivity index (χ2v) is 4.63. The predicted octanol–water partition coefficient (Wildman–Crippen LogP) is 1.67. The normalized spacial score (nSPS) is 11.6. The molecule has 16 heavy (non-hydrogen) atoms. The fourth-order valence-electron chi connectivity index (χ4n) is 1.45. The van der Waals surface area contributed by atoms with Crippen LogP contribution < -0.4 is 0 Å². The minimum Gasteiger partial charge on any atom is -0.241 e. The first-order valence-corrected chi connectivity index (χ1v) is 6.12. The maximum absolute atomic E-state index is 12.6. The van der Waals surface area contributed by atoms with E-state index in [2.05, 4.69) is 5.10 Å². The quantitative estimate of drug-likeness (QED) is 0.767. The van der Waals surface area contributed by atoms with Gasteiger partial charge in [0.2, 0.25) is 0 Å². The van der Waals surface area contributed by atoms with Crippen LogP contribution in [-0.2, 0) is 16.0 Å². The maximum atomic E-state index is 12.6. The van der Waals surface area contributed by atoms with Crippen LogP contribution in [0.5, 0.6) is 0 Å². The molecule has 0 fully saturated rings. The Morgan fingerprint density at radius 1 is 1.25 bits per heavy atom. The Morgan fingerprint density at radius 3 is 2.62 bits per heavy atom. The molecule has 0 aliphatic heterocycles. The third-order valence-corrected chi connectivity index (χ3v) is 2.73. The molecule has 0 N–H and O–H groups in total. The van der Waals surface area contributed by atoms with Crippen molar-refractivity contribution in [1.29, 1.82) is 0 Å². The summed E-state index contributed by atoms with van der Waals surface area (Å²) in [4.78, 5) is 0. The number of para-hydroxylation sites is 1. The van der Waals surface area contributed by atoms with Crippen molar-refractivity contribution in [2.75, 3.05) is 0 Å². The Labute approximate surface area is 92.5 Å². The zero-order chi connectivity index (χ0) is 11.6. The van der Waals surface area contributed by atoms with Crippen LogP contribution >= 0.6 is 0 Å². The first-order chi connectivity index (χ1) is 7.56. The third-order valence-electron chi connectivity index (χ3n) is 2.07. The molecule has 0 saturated heterocycles. The zero-order valence-corrected chi connectivity index (χ0v) is 9.06. The lowest BCUT2D eigenvalue weighted by molar-refractivity contribution is 0.551. The van der Waals surface area contributed by atoms with E-state index < -0.39 is 16.0 Å². The highest BCUT2D eigenvalue weighted by molar-refractivity contribution is 7.85. The lowest BCUT2D eigenvalue weighted by Crippen LogP contribution is -2.03. The second kappa shape index (κ2) is 4.05. The molecule has 0 aliphatic rings. The van der Waals surface area contributed by atoms with E-state index in [1.54, 1.807) is 42.7 Å². The fourth-order valence-corrected chi connectivity index (χ4v) is 2.07. The van der Waals surface area contributed by atoms with Crippen molar-refractivity contribution in [1.82, 2.24) is 9.78 Å². The summed E-state index contributed by atoms with van der Waals surface area (Å²) in [5, 5.41) is 3.98. The van der Waals surface area contributed by atoms with Crippen molar-refractivity contribution >= 4 is 10.2 Å². The first kappa shape index (κ1) is 10.8. The Bertz CT molecular complexity index is 579. The molecule has 84 valence electrons. The van der Waals surface area contributed by atoms with Crippen LogP contribution in [0.4, 0.5) is 3.89 Å². The van der Waals surface area contributed by atoms with Gasteiger partial charge in [-0.25, -0.2) is 4.68 Å². The van der Waals surface area contributed by atoms with E-state index in [-0.39, 0.29) is 0 Å². The van der Waals surface area contributed by atoms with E-state index in [0.717, 1.165) is 0 Å². The van der Waals surface area contributed by atoms with Crippen molar-refractivity contribution in [2.45, 2.75) is 5.75 Å². The first-order valence-electron chi connectivity index (χ1n) is 4.56.